The molecule has 0 spiro atoms. The number of hydrogen-bond donors (Lipinski definition) is 1. The lowest BCUT2D eigenvalue weighted by atomic mass is 10.2. The van der Waals surface area contributed by atoms with Gasteiger partial charge in [0.1, 0.15) is 0 Å². The van der Waals surface area contributed by atoms with Crippen LogP contribution >= 0.6 is 11.6 Å². The topological polar surface area (TPSA) is 56.7 Å². The smallest absolute Gasteiger partial charge is 0.0952 e. The van der Waals surface area contributed by atoms with Crippen LogP contribution in [-0.2, 0) is 13.0 Å². The predicted molar refractivity (Wildman–Crippen MR) is 63.3 cm³/mol. The zero-order valence-electron chi connectivity index (χ0n) is 8.81. The molecular formula is C11H13ClN4. The normalized spacial score (nSPS) is 10.6. The number of nitrogens with two attached hydrogens (primary N) is 1. The van der Waals surface area contributed by atoms with Crippen molar-refractivity contribution < 1.29 is 0 Å². The van der Waals surface area contributed by atoms with Crippen molar-refractivity contribution in [3.05, 3.63) is 47.3 Å². The molecule has 0 amide bonds. The average Bonchev–Trinajstić information content (AvgIpc) is 2.70. The molecule has 0 unspecified atom stereocenters. The van der Waals surface area contributed by atoms with Gasteiger partial charge in [-0.25, -0.2) is 4.98 Å². The highest BCUT2D eigenvalue weighted by molar-refractivity contribution is 6.31. The van der Waals surface area contributed by atoms with Gasteiger partial charge in [0.25, 0.3) is 0 Å². The maximum absolute atomic E-state index is 6.03. The summed E-state index contributed by atoms with van der Waals surface area (Å²) >= 11 is 6.03. The second-order valence-electron chi connectivity index (χ2n) is 3.54. The van der Waals surface area contributed by atoms with Crippen LogP contribution in [-0.4, -0.2) is 21.1 Å². The van der Waals surface area contributed by atoms with E-state index in [2.05, 4.69) is 9.97 Å². The summed E-state index contributed by atoms with van der Waals surface area (Å²) in [6.45, 7) is 1.33. The minimum atomic E-state index is 0.618. The number of nitrogens with zero attached hydrogens (tertiary/aromatic N) is 3. The molecule has 2 aromatic rings. The van der Waals surface area contributed by atoms with Gasteiger partial charge in [0.15, 0.2) is 0 Å². The van der Waals surface area contributed by atoms with Crippen molar-refractivity contribution in [3.63, 3.8) is 0 Å². The van der Waals surface area contributed by atoms with E-state index in [1.807, 2.05) is 16.8 Å². The highest BCUT2D eigenvalue weighted by atomic mass is 35.5. The summed E-state index contributed by atoms with van der Waals surface area (Å²) in [5, 5.41) is 0.677. The molecule has 2 heterocycles. The Morgan fingerprint density at radius 2 is 2.31 bits per heavy atom. The van der Waals surface area contributed by atoms with E-state index in [0.29, 0.717) is 18.1 Å². The van der Waals surface area contributed by atoms with E-state index < -0.39 is 0 Å². The van der Waals surface area contributed by atoms with Crippen LogP contribution in [0.4, 0.5) is 0 Å². The summed E-state index contributed by atoms with van der Waals surface area (Å²) in [5.41, 5.74) is 7.51. The first-order chi connectivity index (χ1) is 7.79. The fourth-order valence-electron chi connectivity index (χ4n) is 1.50. The van der Waals surface area contributed by atoms with E-state index in [1.165, 1.54) is 0 Å². The van der Waals surface area contributed by atoms with E-state index in [4.69, 9.17) is 17.3 Å². The standard InChI is InChI=1S/C11H13ClN4/c12-11-5-14-4-2-9(11)6-16-7-10(1-3-13)15-8-16/h2,4-5,7-8H,1,3,6,13H2. The van der Waals surface area contributed by atoms with Crippen molar-refractivity contribution >= 4 is 11.6 Å². The van der Waals surface area contributed by atoms with Crippen molar-refractivity contribution in [2.75, 3.05) is 6.54 Å². The first-order valence-corrected chi connectivity index (χ1v) is 5.46. The van der Waals surface area contributed by atoms with Crippen molar-refractivity contribution in [2.45, 2.75) is 13.0 Å². The van der Waals surface area contributed by atoms with Gasteiger partial charge in [-0.3, -0.25) is 4.98 Å². The van der Waals surface area contributed by atoms with Gasteiger partial charge in [-0.05, 0) is 18.2 Å². The van der Waals surface area contributed by atoms with Gasteiger partial charge in [-0.2, -0.15) is 0 Å². The molecule has 0 aromatic carbocycles. The van der Waals surface area contributed by atoms with Crippen molar-refractivity contribution in [2.24, 2.45) is 5.73 Å². The monoisotopic (exact) mass is 236 g/mol. The summed E-state index contributed by atoms with van der Waals surface area (Å²) in [6, 6.07) is 1.91. The molecule has 0 saturated carbocycles. The highest BCUT2D eigenvalue weighted by Crippen LogP contribution is 2.14. The molecule has 5 heteroatoms. The molecule has 0 bridgehead atoms. The second kappa shape index (κ2) is 5.09. The van der Waals surface area contributed by atoms with Gasteiger partial charge in [-0.1, -0.05) is 11.6 Å². The molecule has 0 aliphatic rings. The van der Waals surface area contributed by atoms with Gasteiger partial charge < -0.3 is 10.3 Å². The number of imidazole rings is 1. The quantitative estimate of drug-likeness (QED) is 0.875. The van der Waals surface area contributed by atoms with E-state index in [9.17, 15) is 0 Å². The molecule has 16 heavy (non-hydrogen) atoms. The Bertz CT molecular complexity index is 467. The van der Waals surface area contributed by atoms with Crippen LogP contribution in [0.5, 0.6) is 0 Å². The maximum atomic E-state index is 6.03. The number of halogens is 1. The average molecular weight is 237 g/mol. The Hall–Kier alpha value is -1.39. The number of hydrogen-bond acceptors (Lipinski definition) is 3. The molecule has 0 saturated heterocycles. The van der Waals surface area contributed by atoms with Crippen LogP contribution < -0.4 is 5.73 Å². The van der Waals surface area contributed by atoms with Crippen LogP contribution in [0.2, 0.25) is 5.02 Å². The van der Waals surface area contributed by atoms with E-state index in [1.54, 1.807) is 18.7 Å². The molecule has 2 N–H and O–H groups in total. The third kappa shape index (κ3) is 2.59. The first kappa shape index (κ1) is 11.1. The summed E-state index contributed by atoms with van der Waals surface area (Å²) < 4.78 is 1.99. The Morgan fingerprint density at radius 3 is 3.06 bits per heavy atom. The molecular weight excluding hydrogens is 224 g/mol. The van der Waals surface area contributed by atoms with Crippen molar-refractivity contribution in [1.29, 1.82) is 0 Å². The van der Waals surface area contributed by atoms with Gasteiger partial charge in [0.05, 0.1) is 23.6 Å². The Labute approximate surface area is 99.1 Å². The maximum Gasteiger partial charge on any atom is 0.0952 e. The fourth-order valence-corrected chi connectivity index (χ4v) is 1.68. The van der Waals surface area contributed by atoms with Gasteiger partial charge in [0.2, 0.25) is 0 Å². The van der Waals surface area contributed by atoms with Crippen LogP contribution in [0.3, 0.4) is 0 Å². The number of aromatic nitrogens is 3. The van der Waals surface area contributed by atoms with Crippen LogP contribution in [0.1, 0.15) is 11.3 Å². The van der Waals surface area contributed by atoms with Gasteiger partial charge >= 0.3 is 0 Å². The van der Waals surface area contributed by atoms with Crippen LogP contribution in [0, 0.1) is 0 Å². The van der Waals surface area contributed by atoms with Crippen LogP contribution in [0.25, 0.3) is 0 Å². The molecule has 0 fully saturated rings. The summed E-state index contributed by atoms with van der Waals surface area (Å²) in [6.07, 6.45) is 7.97. The van der Waals surface area contributed by atoms with Gasteiger partial charge in [0, 0.05) is 25.0 Å². The lowest BCUT2D eigenvalue weighted by molar-refractivity contribution is 0.794. The molecule has 0 aliphatic carbocycles. The van der Waals surface area contributed by atoms with Gasteiger partial charge in [-0.15, -0.1) is 0 Å². The van der Waals surface area contributed by atoms with Crippen LogP contribution in [0.15, 0.2) is 31.0 Å². The summed E-state index contributed by atoms with van der Waals surface area (Å²) in [5.74, 6) is 0. The largest absolute Gasteiger partial charge is 0.333 e. The molecule has 0 radical (unpaired) electrons. The van der Waals surface area contributed by atoms with E-state index in [0.717, 1.165) is 17.7 Å². The molecule has 0 atom stereocenters. The highest BCUT2D eigenvalue weighted by Gasteiger charge is 2.02. The third-order valence-corrected chi connectivity index (χ3v) is 2.64. The van der Waals surface area contributed by atoms with E-state index >= 15 is 0 Å². The number of rotatable bonds is 4. The minimum Gasteiger partial charge on any atom is -0.333 e. The first-order valence-electron chi connectivity index (χ1n) is 5.08. The molecule has 0 aliphatic heterocycles. The SMILES string of the molecule is NCCc1cn(Cc2ccncc2Cl)cn1. The fraction of sp³-hybridized carbons (Fsp3) is 0.273. The summed E-state index contributed by atoms with van der Waals surface area (Å²) in [7, 11) is 0. The van der Waals surface area contributed by atoms with Crippen molar-refractivity contribution in [1.82, 2.24) is 14.5 Å². The number of pyridine rings is 1. The summed E-state index contributed by atoms with van der Waals surface area (Å²) in [4.78, 5) is 8.20. The zero-order chi connectivity index (χ0) is 11.4. The lowest BCUT2D eigenvalue weighted by Gasteiger charge is -2.03. The molecule has 2 rings (SSSR count). The molecule has 4 nitrogen and oxygen atoms in total. The van der Waals surface area contributed by atoms with Crippen molar-refractivity contribution in [3.8, 4) is 0 Å². The lowest BCUT2D eigenvalue weighted by Crippen LogP contribution is -2.03. The Morgan fingerprint density at radius 1 is 1.44 bits per heavy atom. The second-order valence-corrected chi connectivity index (χ2v) is 3.95. The third-order valence-electron chi connectivity index (χ3n) is 2.30. The minimum absolute atomic E-state index is 0.618. The Balaban J connectivity index is 2.11. The molecule has 2 aromatic heterocycles. The predicted octanol–water partition coefficient (Wildman–Crippen LogP) is 1.48. The zero-order valence-corrected chi connectivity index (χ0v) is 9.56. The molecule has 84 valence electrons. The van der Waals surface area contributed by atoms with E-state index in [-0.39, 0.29) is 0 Å². The Kier molecular flexibility index (Phi) is 3.54.